The lowest BCUT2D eigenvalue weighted by Crippen LogP contribution is -2.29. The van der Waals surface area contributed by atoms with Gasteiger partial charge in [0, 0.05) is 17.7 Å². The molecular weight excluding hydrogens is 522 g/mol. The Balaban J connectivity index is 1.68. The van der Waals surface area contributed by atoms with Gasteiger partial charge in [0.25, 0.3) is 11.5 Å². The van der Waals surface area contributed by atoms with Crippen LogP contribution in [-0.2, 0) is 9.59 Å². The van der Waals surface area contributed by atoms with Crippen molar-refractivity contribution in [1.82, 2.24) is 4.98 Å². The number of Topliss-reactive ketones (excluding diaryl/α,β-unsaturated/α-hetero) is 1. The lowest BCUT2D eigenvalue weighted by molar-refractivity contribution is -0.384. The summed E-state index contributed by atoms with van der Waals surface area (Å²) in [4.78, 5) is 43.4. The quantitative estimate of drug-likeness (QED) is 0.0991. The summed E-state index contributed by atoms with van der Waals surface area (Å²) < 4.78 is 11.8. The van der Waals surface area contributed by atoms with Gasteiger partial charge in [0.05, 0.1) is 40.0 Å². The van der Waals surface area contributed by atoms with Crippen molar-refractivity contribution in [3.63, 3.8) is 0 Å². The van der Waals surface area contributed by atoms with Crippen molar-refractivity contribution in [1.29, 1.82) is 0 Å². The third kappa shape index (κ3) is 4.79. The number of fused-ring (bicyclic) bond motifs is 1. The normalized spacial score (nSPS) is 16.6. The van der Waals surface area contributed by atoms with Crippen LogP contribution in [0.4, 0.5) is 10.8 Å². The molecule has 1 aliphatic heterocycles. The summed E-state index contributed by atoms with van der Waals surface area (Å²) in [6.45, 7) is 4.58. The zero-order chi connectivity index (χ0) is 27.7. The van der Waals surface area contributed by atoms with Gasteiger partial charge < -0.3 is 14.6 Å². The summed E-state index contributed by atoms with van der Waals surface area (Å²) in [5.41, 5.74) is 0.987. The predicted octanol–water partition coefficient (Wildman–Crippen LogP) is 5.63. The molecule has 0 saturated carbocycles. The third-order valence-electron chi connectivity index (χ3n) is 6.15. The molecule has 1 saturated heterocycles. The van der Waals surface area contributed by atoms with E-state index >= 15 is 0 Å². The zero-order valence-corrected chi connectivity index (χ0v) is 21.8. The number of nitro groups is 1. The van der Waals surface area contributed by atoms with Gasteiger partial charge in [0.15, 0.2) is 5.13 Å². The van der Waals surface area contributed by atoms with E-state index in [0.717, 1.165) is 4.70 Å². The molecule has 1 aromatic heterocycles. The number of aromatic nitrogens is 1. The Bertz CT molecular complexity index is 1630. The van der Waals surface area contributed by atoms with E-state index in [4.69, 9.17) is 9.47 Å². The van der Waals surface area contributed by atoms with Crippen molar-refractivity contribution in [2.24, 2.45) is 0 Å². The van der Waals surface area contributed by atoms with Crippen molar-refractivity contribution in [3.05, 3.63) is 93.5 Å². The highest BCUT2D eigenvalue weighted by atomic mass is 32.1. The fourth-order valence-corrected chi connectivity index (χ4v) is 5.45. The third-order valence-corrected chi connectivity index (χ3v) is 7.17. The molecule has 1 N–H and O–H groups in total. The van der Waals surface area contributed by atoms with E-state index in [9.17, 15) is 24.8 Å². The molecule has 2 heterocycles. The topological polar surface area (TPSA) is 132 Å². The van der Waals surface area contributed by atoms with Crippen molar-refractivity contribution < 1.29 is 29.1 Å². The largest absolute Gasteiger partial charge is 0.507 e. The molecular formula is C28H23N3O7S. The number of benzene rings is 3. The van der Waals surface area contributed by atoms with Crippen molar-refractivity contribution in [3.8, 4) is 11.5 Å². The van der Waals surface area contributed by atoms with Crippen LogP contribution in [0, 0.1) is 10.1 Å². The second-order valence-electron chi connectivity index (χ2n) is 8.54. The van der Waals surface area contributed by atoms with Gasteiger partial charge in [0.1, 0.15) is 17.3 Å². The number of amides is 1. The number of hydrogen-bond acceptors (Lipinski definition) is 9. The lowest BCUT2D eigenvalue weighted by Gasteiger charge is -2.23. The average Bonchev–Trinajstić information content (AvgIpc) is 3.46. The maximum absolute atomic E-state index is 13.5. The molecule has 198 valence electrons. The fourth-order valence-electron chi connectivity index (χ4n) is 4.43. The first-order valence-electron chi connectivity index (χ1n) is 12.1. The minimum Gasteiger partial charge on any atom is -0.507 e. The van der Waals surface area contributed by atoms with Crippen LogP contribution in [0.3, 0.4) is 0 Å². The monoisotopic (exact) mass is 545 g/mol. The summed E-state index contributed by atoms with van der Waals surface area (Å²) >= 11 is 1.19. The van der Waals surface area contributed by atoms with Crippen molar-refractivity contribution >= 4 is 49.8 Å². The molecule has 11 heteroatoms. The average molecular weight is 546 g/mol. The van der Waals surface area contributed by atoms with E-state index in [-0.39, 0.29) is 27.7 Å². The summed E-state index contributed by atoms with van der Waals surface area (Å²) in [5.74, 6) is -1.03. The first-order chi connectivity index (χ1) is 18.8. The molecule has 0 aliphatic carbocycles. The number of hydrogen-bond donors (Lipinski definition) is 1. The number of nitrogens with zero attached hydrogens (tertiary/aromatic N) is 3. The second-order valence-corrected chi connectivity index (χ2v) is 9.55. The number of carbonyl (C=O) groups is 2. The van der Waals surface area contributed by atoms with Crippen molar-refractivity contribution in [2.45, 2.75) is 19.9 Å². The van der Waals surface area contributed by atoms with Gasteiger partial charge in [-0.15, -0.1) is 0 Å². The summed E-state index contributed by atoms with van der Waals surface area (Å²) in [6.07, 6.45) is 0. The first-order valence-corrected chi connectivity index (χ1v) is 13.0. The highest BCUT2D eigenvalue weighted by molar-refractivity contribution is 7.22. The van der Waals surface area contributed by atoms with Gasteiger partial charge in [-0.05, 0) is 61.9 Å². The van der Waals surface area contributed by atoms with E-state index in [0.29, 0.717) is 35.8 Å². The Morgan fingerprint density at radius 1 is 1.03 bits per heavy atom. The van der Waals surface area contributed by atoms with E-state index in [1.54, 1.807) is 42.5 Å². The maximum Gasteiger partial charge on any atom is 0.301 e. The maximum atomic E-state index is 13.5. The molecule has 39 heavy (non-hydrogen) atoms. The molecule has 10 nitrogen and oxygen atoms in total. The zero-order valence-electron chi connectivity index (χ0n) is 21.0. The number of aliphatic hydroxyl groups excluding tert-OH is 1. The van der Waals surface area contributed by atoms with E-state index < -0.39 is 22.7 Å². The number of anilines is 1. The highest BCUT2D eigenvalue weighted by Gasteiger charge is 2.48. The van der Waals surface area contributed by atoms with Gasteiger partial charge in [0.2, 0.25) is 0 Å². The number of carbonyl (C=O) groups excluding carboxylic acids is 2. The number of rotatable bonds is 8. The summed E-state index contributed by atoms with van der Waals surface area (Å²) in [7, 11) is 0. The molecule has 0 spiro atoms. The number of thiazole rings is 1. The van der Waals surface area contributed by atoms with E-state index in [2.05, 4.69) is 4.98 Å². The number of ether oxygens (including phenoxy) is 2. The molecule has 5 rings (SSSR count). The standard InChI is InChI=1S/C28H23N3O7S/c1-3-37-19-7-5-6-17(14-19)25(32)23-24(16-8-10-18(11-9-16)31(35)36)30(27(34)26(23)33)28-29-21-13-12-20(38-4-2)15-22(21)39-28/h5-15,24,32H,3-4H2,1-2H3/b25-23+. The molecule has 1 atom stereocenters. The number of nitro benzene ring substituents is 1. The number of aliphatic hydroxyl groups is 1. The summed E-state index contributed by atoms with van der Waals surface area (Å²) in [5, 5.41) is 22.8. The Labute approximate surface area is 226 Å². The molecule has 0 bridgehead atoms. The van der Waals surface area contributed by atoms with E-state index in [1.807, 2.05) is 13.8 Å². The SMILES string of the molecule is CCOc1cccc(/C(O)=C2\C(=O)C(=O)N(c3nc4ccc(OCC)cc4s3)C2c2ccc([N+](=O)[O-])cc2)c1. The molecule has 1 fully saturated rings. The van der Waals surface area contributed by atoms with Crippen LogP contribution < -0.4 is 14.4 Å². The Morgan fingerprint density at radius 3 is 2.38 bits per heavy atom. The number of ketones is 1. The molecule has 4 aromatic rings. The number of non-ortho nitro benzene ring substituents is 1. The molecule has 3 aromatic carbocycles. The van der Waals surface area contributed by atoms with Crippen LogP contribution >= 0.6 is 11.3 Å². The molecule has 0 radical (unpaired) electrons. The molecule has 1 aliphatic rings. The predicted molar refractivity (Wildman–Crippen MR) is 146 cm³/mol. The molecule has 1 amide bonds. The Hall–Kier alpha value is -4.77. The minimum atomic E-state index is -1.08. The van der Waals surface area contributed by atoms with Crippen molar-refractivity contribution in [2.75, 3.05) is 18.1 Å². The lowest BCUT2D eigenvalue weighted by atomic mass is 9.95. The highest BCUT2D eigenvalue weighted by Crippen LogP contribution is 2.45. The van der Waals surface area contributed by atoms with E-state index in [1.165, 1.54) is 40.5 Å². The Morgan fingerprint density at radius 2 is 1.72 bits per heavy atom. The minimum absolute atomic E-state index is 0.149. The van der Waals surface area contributed by atoms with Gasteiger partial charge in [-0.25, -0.2) is 4.98 Å². The van der Waals surface area contributed by atoms with Gasteiger partial charge in [-0.3, -0.25) is 24.6 Å². The Kier molecular flexibility index (Phi) is 6.99. The van der Waals surface area contributed by atoms with Crippen LogP contribution in [0.5, 0.6) is 11.5 Å². The van der Waals surface area contributed by atoms with Crippen LogP contribution in [0.25, 0.3) is 16.0 Å². The second kappa shape index (κ2) is 10.5. The smallest absolute Gasteiger partial charge is 0.301 e. The molecule has 1 unspecified atom stereocenters. The van der Waals surface area contributed by atoms with Gasteiger partial charge in [-0.2, -0.15) is 0 Å². The summed E-state index contributed by atoms with van der Waals surface area (Å²) in [6, 6.07) is 16.3. The van der Waals surface area contributed by atoms with Crippen LogP contribution in [0.1, 0.15) is 31.0 Å². The van der Waals surface area contributed by atoms with Crippen LogP contribution in [0.15, 0.2) is 72.3 Å². The first kappa shape index (κ1) is 25.9. The fraction of sp³-hybridized carbons (Fsp3) is 0.179. The van der Waals surface area contributed by atoms with Gasteiger partial charge in [-0.1, -0.05) is 23.5 Å². The van der Waals surface area contributed by atoms with Crippen LogP contribution in [-0.4, -0.2) is 39.9 Å². The van der Waals surface area contributed by atoms with Crippen LogP contribution in [0.2, 0.25) is 0 Å². The van der Waals surface area contributed by atoms with Gasteiger partial charge >= 0.3 is 5.91 Å².